The van der Waals surface area contributed by atoms with Crippen molar-refractivity contribution in [2.45, 2.75) is 25.8 Å². The molecule has 2 aromatic heterocycles. The van der Waals surface area contributed by atoms with Crippen LogP contribution in [0, 0.1) is 6.92 Å². The Bertz CT molecular complexity index is 908. The van der Waals surface area contributed by atoms with Gasteiger partial charge in [-0.15, -0.1) is 5.10 Å². The Kier molecular flexibility index (Phi) is 4.15. The standard InChI is InChI=1S/C18H20N6O/c1-12-17(18(25)21-13-5-3-9-19-11-13)22-23-24(12)16-8-2-7-15-14(16)6-4-10-20-15/h2,4,6-8,10,13,19H,3,5,9,11H2,1H3,(H,21,25)/t13-/m0/s1. The van der Waals surface area contributed by atoms with Crippen molar-refractivity contribution in [2.24, 2.45) is 0 Å². The minimum absolute atomic E-state index is 0.146. The van der Waals surface area contributed by atoms with Crippen LogP contribution in [0.3, 0.4) is 0 Å². The molecule has 1 fully saturated rings. The van der Waals surface area contributed by atoms with E-state index in [1.54, 1.807) is 10.9 Å². The van der Waals surface area contributed by atoms with E-state index in [2.05, 4.69) is 25.9 Å². The number of rotatable bonds is 3. The number of nitrogens with one attached hydrogen (secondary N) is 2. The number of pyridine rings is 1. The van der Waals surface area contributed by atoms with Crippen LogP contribution in [0.25, 0.3) is 16.6 Å². The van der Waals surface area contributed by atoms with Gasteiger partial charge in [-0.1, -0.05) is 11.3 Å². The summed E-state index contributed by atoms with van der Waals surface area (Å²) in [6, 6.07) is 9.87. The van der Waals surface area contributed by atoms with Gasteiger partial charge in [-0.3, -0.25) is 9.78 Å². The molecule has 128 valence electrons. The summed E-state index contributed by atoms with van der Waals surface area (Å²) in [4.78, 5) is 16.9. The molecule has 1 aliphatic heterocycles. The smallest absolute Gasteiger partial charge is 0.274 e. The number of hydrogen-bond donors (Lipinski definition) is 2. The summed E-state index contributed by atoms with van der Waals surface area (Å²) in [7, 11) is 0. The second-order valence-electron chi connectivity index (χ2n) is 6.30. The summed E-state index contributed by atoms with van der Waals surface area (Å²) in [6.45, 7) is 3.67. The fourth-order valence-corrected chi connectivity index (χ4v) is 3.27. The highest BCUT2D eigenvalue weighted by atomic mass is 16.2. The summed E-state index contributed by atoms with van der Waals surface area (Å²) in [6.07, 6.45) is 3.82. The van der Waals surface area contributed by atoms with Crippen LogP contribution in [0.1, 0.15) is 29.0 Å². The monoisotopic (exact) mass is 336 g/mol. The van der Waals surface area contributed by atoms with E-state index in [1.807, 2.05) is 37.3 Å². The summed E-state index contributed by atoms with van der Waals surface area (Å²) in [5.74, 6) is -0.171. The van der Waals surface area contributed by atoms with Crippen molar-refractivity contribution in [1.29, 1.82) is 0 Å². The van der Waals surface area contributed by atoms with Crippen LogP contribution in [0.2, 0.25) is 0 Å². The molecule has 25 heavy (non-hydrogen) atoms. The number of nitrogens with zero attached hydrogens (tertiary/aromatic N) is 4. The predicted octanol–water partition coefficient (Wildman–Crippen LogP) is 1.61. The first-order valence-corrected chi connectivity index (χ1v) is 8.52. The number of hydrogen-bond acceptors (Lipinski definition) is 5. The Labute approximate surface area is 145 Å². The summed E-state index contributed by atoms with van der Waals surface area (Å²) in [5.41, 5.74) is 2.84. The molecule has 0 saturated carbocycles. The third-order valence-corrected chi connectivity index (χ3v) is 4.59. The third kappa shape index (κ3) is 2.98. The van der Waals surface area contributed by atoms with Crippen LogP contribution in [-0.4, -0.2) is 45.0 Å². The van der Waals surface area contributed by atoms with Gasteiger partial charge in [0.1, 0.15) is 0 Å². The molecule has 1 aliphatic rings. The predicted molar refractivity (Wildman–Crippen MR) is 94.8 cm³/mol. The molecule has 1 amide bonds. The average molecular weight is 336 g/mol. The van der Waals surface area contributed by atoms with Crippen molar-refractivity contribution < 1.29 is 4.79 Å². The fourth-order valence-electron chi connectivity index (χ4n) is 3.27. The first kappa shape index (κ1) is 15.7. The lowest BCUT2D eigenvalue weighted by atomic mass is 10.1. The van der Waals surface area contributed by atoms with Gasteiger partial charge in [0.15, 0.2) is 5.69 Å². The Morgan fingerprint density at radius 3 is 3.08 bits per heavy atom. The van der Waals surface area contributed by atoms with Crippen molar-refractivity contribution in [3.8, 4) is 5.69 Å². The average Bonchev–Trinajstić information content (AvgIpc) is 3.03. The van der Waals surface area contributed by atoms with E-state index in [9.17, 15) is 4.79 Å². The summed E-state index contributed by atoms with van der Waals surface area (Å²) < 4.78 is 1.71. The van der Waals surface area contributed by atoms with Crippen molar-refractivity contribution in [3.63, 3.8) is 0 Å². The number of aromatic nitrogens is 4. The maximum absolute atomic E-state index is 12.6. The zero-order valence-electron chi connectivity index (χ0n) is 14.1. The van der Waals surface area contributed by atoms with Gasteiger partial charge < -0.3 is 10.6 Å². The van der Waals surface area contributed by atoms with Crippen molar-refractivity contribution in [1.82, 2.24) is 30.6 Å². The quantitative estimate of drug-likeness (QED) is 0.759. The molecule has 3 heterocycles. The Morgan fingerprint density at radius 2 is 2.24 bits per heavy atom. The highest BCUT2D eigenvalue weighted by molar-refractivity contribution is 5.94. The summed E-state index contributed by atoms with van der Waals surface area (Å²) >= 11 is 0. The topological polar surface area (TPSA) is 84.7 Å². The molecule has 1 atom stereocenters. The highest BCUT2D eigenvalue weighted by Gasteiger charge is 2.22. The van der Waals surface area contributed by atoms with Crippen LogP contribution >= 0.6 is 0 Å². The molecular formula is C18H20N6O. The molecule has 2 N–H and O–H groups in total. The zero-order chi connectivity index (χ0) is 17.2. The van der Waals surface area contributed by atoms with Crippen LogP contribution < -0.4 is 10.6 Å². The first-order valence-electron chi connectivity index (χ1n) is 8.52. The highest BCUT2D eigenvalue weighted by Crippen LogP contribution is 2.21. The SMILES string of the molecule is Cc1c(C(=O)N[C@H]2CCCNC2)nnn1-c1cccc2ncccc12. The Balaban J connectivity index is 1.65. The lowest BCUT2D eigenvalue weighted by molar-refractivity contribution is 0.0925. The molecule has 1 aromatic carbocycles. The number of benzene rings is 1. The van der Waals surface area contributed by atoms with E-state index < -0.39 is 0 Å². The molecule has 7 heteroatoms. The van der Waals surface area contributed by atoms with Gasteiger partial charge in [0.05, 0.1) is 16.9 Å². The van der Waals surface area contributed by atoms with Gasteiger partial charge in [-0.25, -0.2) is 4.68 Å². The Morgan fingerprint density at radius 1 is 1.32 bits per heavy atom. The number of carbonyl (C=O) groups is 1. The van der Waals surface area contributed by atoms with E-state index in [0.717, 1.165) is 48.2 Å². The van der Waals surface area contributed by atoms with E-state index in [1.165, 1.54) is 0 Å². The van der Waals surface area contributed by atoms with Gasteiger partial charge >= 0.3 is 0 Å². The van der Waals surface area contributed by atoms with E-state index >= 15 is 0 Å². The lowest BCUT2D eigenvalue weighted by Gasteiger charge is -2.23. The molecule has 3 aromatic rings. The molecule has 1 saturated heterocycles. The molecule has 4 rings (SSSR count). The largest absolute Gasteiger partial charge is 0.347 e. The van der Waals surface area contributed by atoms with Crippen molar-refractivity contribution in [3.05, 3.63) is 47.9 Å². The molecule has 0 radical (unpaired) electrons. The van der Waals surface area contributed by atoms with Gasteiger partial charge in [-0.05, 0) is 50.6 Å². The number of carbonyl (C=O) groups excluding carboxylic acids is 1. The van der Waals surface area contributed by atoms with Crippen LogP contribution in [0.5, 0.6) is 0 Å². The van der Waals surface area contributed by atoms with E-state index in [4.69, 9.17) is 0 Å². The van der Waals surface area contributed by atoms with Crippen LogP contribution in [0.15, 0.2) is 36.5 Å². The summed E-state index contributed by atoms with van der Waals surface area (Å²) in [5, 5.41) is 15.7. The molecule has 0 spiro atoms. The lowest BCUT2D eigenvalue weighted by Crippen LogP contribution is -2.45. The normalized spacial score (nSPS) is 17.6. The third-order valence-electron chi connectivity index (χ3n) is 4.59. The molecule has 0 aliphatic carbocycles. The minimum Gasteiger partial charge on any atom is -0.347 e. The number of fused-ring (bicyclic) bond motifs is 1. The zero-order valence-corrected chi connectivity index (χ0v) is 14.1. The van der Waals surface area contributed by atoms with Gasteiger partial charge in [-0.2, -0.15) is 0 Å². The fraction of sp³-hybridized carbons (Fsp3) is 0.333. The van der Waals surface area contributed by atoms with Crippen LogP contribution in [0.4, 0.5) is 0 Å². The van der Waals surface area contributed by atoms with E-state index in [0.29, 0.717) is 5.69 Å². The number of amides is 1. The molecule has 0 unspecified atom stereocenters. The maximum Gasteiger partial charge on any atom is 0.274 e. The maximum atomic E-state index is 12.6. The molecule has 0 bridgehead atoms. The van der Waals surface area contributed by atoms with Gasteiger partial charge in [0.2, 0.25) is 0 Å². The number of piperidine rings is 1. The minimum atomic E-state index is -0.171. The van der Waals surface area contributed by atoms with Gasteiger partial charge in [0, 0.05) is 24.2 Å². The van der Waals surface area contributed by atoms with Crippen molar-refractivity contribution in [2.75, 3.05) is 13.1 Å². The Hall–Kier alpha value is -2.80. The second-order valence-corrected chi connectivity index (χ2v) is 6.30. The molecule has 7 nitrogen and oxygen atoms in total. The molecular weight excluding hydrogens is 316 g/mol. The van der Waals surface area contributed by atoms with Gasteiger partial charge in [0.25, 0.3) is 5.91 Å². The van der Waals surface area contributed by atoms with Crippen LogP contribution in [-0.2, 0) is 0 Å². The second kappa shape index (κ2) is 6.60. The van der Waals surface area contributed by atoms with Crippen molar-refractivity contribution >= 4 is 16.8 Å². The van der Waals surface area contributed by atoms with E-state index in [-0.39, 0.29) is 11.9 Å². The first-order chi connectivity index (χ1) is 12.2.